The van der Waals surface area contributed by atoms with Crippen molar-refractivity contribution in [3.8, 4) is 0 Å². The minimum Gasteiger partial charge on any atom is -0.387 e. The zero-order valence-corrected chi connectivity index (χ0v) is 9.66. The smallest absolute Gasteiger partial charge is 0.111 e. The van der Waals surface area contributed by atoms with E-state index in [0.717, 1.165) is 9.21 Å². The van der Waals surface area contributed by atoms with Gasteiger partial charge in [0.1, 0.15) is 5.69 Å². The van der Waals surface area contributed by atoms with Crippen LogP contribution in [-0.2, 0) is 6.54 Å². The Balaban J connectivity index is 2.11. The summed E-state index contributed by atoms with van der Waals surface area (Å²) in [6, 6.07) is 3.81. The Kier molecular flexibility index (Phi) is 3.04. The Morgan fingerprint density at radius 1 is 1.60 bits per heavy atom. The highest BCUT2D eigenvalue weighted by molar-refractivity contribution is 7.16. The van der Waals surface area contributed by atoms with Gasteiger partial charge < -0.3 is 5.11 Å². The van der Waals surface area contributed by atoms with E-state index >= 15 is 0 Å². The summed E-state index contributed by atoms with van der Waals surface area (Å²) in [6.07, 6.45) is 1.16. The molecule has 1 N–H and O–H groups in total. The molecule has 2 aromatic heterocycles. The zero-order valence-electron chi connectivity index (χ0n) is 8.09. The van der Waals surface area contributed by atoms with Gasteiger partial charge in [0.2, 0.25) is 0 Å². The summed E-state index contributed by atoms with van der Waals surface area (Å²) < 4.78 is 2.45. The summed E-state index contributed by atoms with van der Waals surface area (Å²) in [4.78, 5) is 1.11. The highest BCUT2D eigenvalue weighted by Gasteiger charge is 2.07. The Bertz CT molecular complexity index is 452. The molecule has 0 amide bonds. The summed E-state index contributed by atoms with van der Waals surface area (Å²) in [5.74, 6) is 0. The van der Waals surface area contributed by atoms with Crippen molar-refractivity contribution in [2.45, 2.75) is 19.6 Å². The van der Waals surface area contributed by atoms with Gasteiger partial charge in [0.15, 0.2) is 0 Å². The summed E-state index contributed by atoms with van der Waals surface area (Å²) in [5.41, 5.74) is 0.581. The molecular formula is C9H10ClN3OS. The fraction of sp³-hybridized carbons (Fsp3) is 0.333. The van der Waals surface area contributed by atoms with Crippen LogP contribution in [0.1, 0.15) is 23.6 Å². The molecule has 0 fully saturated rings. The van der Waals surface area contributed by atoms with Crippen LogP contribution in [0.4, 0.5) is 0 Å². The van der Waals surface area contributed by atoms with Gasteiger partial charge in [-0.1, -0.05) is 16.8 Å². The predicted molar refractivity (Wildman–Crippen MR) is 59.1 cm³/mol. The molecule has 0 bridgehead atoms. The lowest BCUT2D eigenvalue weighted by atomic mass is 10.3. The number of halogens is 1. The maximum absolute atomic E-state index is 9.27. The van der Waals surface area contributed by atoms with Crippen molar-refractivity contribution in [3.05, 3.63) is 33.2 Å². The maximum atomic E-state index is 9.27. The Labute approximate surface area is 96.1 Å². The van der Waals surface area contributed by atoms with Gasteiger partial charge in [0, 0.05) is 4.88 Å². The van der Waals surface area contributed by atoms with Crippen LogP contribution in [0.15, 0.2) is 18.3 Å². The molecule has 0 aromatic carbocycles. The van der Waals surface area contributed by atoms with Crippen molar-refractivity contribution in [2.75, 3.05) is 0 Å². The third kappa shape index (κ3) is 2.56. The summed E-state index contributed by atoms with van der Waals surface area (Å²) >= 11 is 7.33. The molecule has 0 aliphatic carbocycles. The number of hydrogen-bond donors (Lipinski definition) is 1. The first-order valence-electron chi connectivity index (χ1n) is 4.47. The molecule has 15 heavy (non-hydrogen) atoms. The third-order valence-corrected chi connectivity index (χ3v) is 3.15. The van der Waals surface area contributed by atoms with E-state index in [1.807, 2.05) is 12.1 Å². The van der Waals surface area contributed by atoms with Crippen LogP contribution >= 0.6 is 22.9 Å². The molecular weight excluding hydrogens is 234 g/mol. The van der Waals surface area contributed by atoms with Crippen molar-refractivity contribution < 1.29 is 5.11 Å². The minimum atomic E-state index is -0.578. The molecule has 2 rings (SSSR count). The highest BCUT2D eigenvalue weighted by atomic mass is 35.5. The predicted octanol–water partition coefficient (Wildman–Crippen LogP) is 2.09. The van der Waals surface area contributed by atoms with Crippen LogP contribution in [0.3, 0.4) is 0 Å². The average Bonchev–Trinajstić information content (AvgIpc) is 2.76. The van der Waals surface area contributed by atoms with E-state index in [1.54, 1.807) is 17.8 Å². The normalized spacial score (nSPS) is 13.0. The van der Waals surface area contributed by atoms with E-state index in [2.05, 4.69) is 10.3 Å². The lowest BCUT2D eigenvalue weighted by molar-refractivity contribution is 0.194. The molecule has 80 valence electrons. The SMILES string of the molecule is CC(O)c1cn(Cc2ccc(Cl)s2)nn1. The van der Waals surface area contributed by atoms with E-state index in [9.17, 15) is 5.11 Å². The van der Waals surface area contributed by atoms with Gasteiger partial charge in [-0.25, -0.2) is 4.68 Å². The number of aliphatic hydroxyl groups is 1. The standard InChI is InChI=1S/C9H10ClN3OS/c1-6(14)8-5-13(12-11-8)4-7-2-3-9(10)15-7/h2-3,5-6,14H,4H2,1H3. The van der Waals surface area contributed by atoms with Gasteiger partial charge in [-0.05, 0) is 19.1 Å². The number of aliphatic hydroxyl groups excluding tert-OH is 1. The topological polar surface area (TPSA) is 50.9 Å². The average molecular weight is 244 g/mol. The molecule has 4 nitrogen and oxygen atoms in total. The van der Waals surface area contributed by atoms with Gasteiger partial charge in [-0.15, -0.1) is 16.4 Å². The Morgan fingerprint density at radius 2 is 2.40 bits per heavy atom. The molecule has 0 saturated carbocycles. The fourth-order valence-corrected chi connectivity index (χ4v) is 2.26. The first kappa shape index (κ1) is 10.6. The first-order chi connectivity index (χ1) is 7.15. The van der Waals surface area contributed by atoms with Crippen molar-refractivity contribution >= 4 is 22.9 Å². The Morgan fingerprint density at radius 3 is 2.93 bits per heavy atom. The fourth-order valence-electron chi connectivity index (χ4n) is 1.18. The van der Waals surface area contributed by atoms with Crippen LogP contribution in [-0.4, -0.2) is 20.1 Å². The van der Waals surface area contributed by atoms with Gasteiger partial charge in [-0.2, -0.15) is 0 Å². The van der Waals surface area contributed by atoms with Crippen LogP contribution < -0.4 is 0 Å². The molecule has 2 aromatic rings. The van der Waals surface area contributed by atoms with Crippen molar-refractivity contribution in [1.29, 1.82) is 0 Å². The van der Waals surface area contributed by atoms with E-state index in [0.29, 0.717) is 12.2 Å². The number of hydrogen-bond acceptors (Lipinski definition) is 4. The van der Waals surface area contributed by atoms with E-state index in [4.69, 9.17) is 11.6 Å². The van der Waals surface area contributed by atoms with Crippen molar-refractivity contribution in [2.24, 2.45) is 0 Å². The number of rotatable bonds is 3. The molecule has 6 heteroatoms. The van der Waals surface area contributed by atoms with Crippen LogP contribution in [0, 0.1) is 0 Å². The van der Waals surface area contributed by atoms with E-state index in [-0.39, 0.29) is 0 Å². The first-order valence-corrected chi connectivity index (χ1v) is 5.67. The monoisotopic (exact) mass is 243 g/mol. The van der Waals surface area contributed by atoms with Gasteiger partial charge in [-0.3, -0.25) is 0 Å². The molecule has 0 aliphatic rings. The summed E-state index contributed by atoms with van der Waals surface area (Å²) in [5, 5.41) is 17.0. The Hall–Kier alpha value is -0.910. The number of thiophene rings is 1. The van der Waals surface area contributed by atoms with Gasteiger partial charge in [0.05, 0.1) is 23.2 Å². The van der Waals surface area contributed by atoms with E-state index in [1.165, 1.54) is 11.3 Å². The molecule has 0 saturated heterocycles. The second-order valence-corrected chi connectivity index (χ2v) is 5.02. The highest BCUT2D eigenvalue weighted by Crippen LogP contribution is 2.22. The molecule has 1 unspecified atom stereocenters. The van der Waals surface area contributed by atoms with Crippen LogP contribution in [0.25, 0.3) is 0 Å². The second kappa shape index (κ2) is 4.30. The molecule has 0 spiro atoms. The third-order valence-electron chi connectivity index (χ3n) is 1.93. The molecule has 0 radical (unpaired) electrons. The minimum absolute atomic E-state index is 0.578. The lowest BCUT2D eigenvalue weighted by Gasteiger charge is -1.96. The van der Waals surface area contributed by atoms with Crippen LogP contribution in [0.5, 0.6) is 0 Å². The van der Waals surface area contributed by atoms with Gasteiger partial charge >= 0.3 is 0 Å². The van der Waals surface area contributed by atoms with Crippen LogP contribution in [0.2, 0.25) is 4.34 Å². The molecule has 1 atom stereocenters. The van der Waals surface area contributed by atoms with Gasteiger partial charge in [0.25, 0.3) is 0 Å². The van der Waals surface area contributed by atoms with E-state index < -0.39 is 6.10 Å². The molecule has 0 aliphatic heterocycles. The largest absolute Gasteiger partial charge is 0.387 e. The van der Waals surface area contributed by atoms with Crippen molar-refractivity contribution in [1.82, 2.24) is 15.0 Å². The zero-order chi connectivity index (χ0) is 10.8. The number of nitrogens with zero attached hydrogens (tertiary/aromatic N) is 3. The maximum Gasteiger partial charge on any atom is 0.111 e. The molecule has 2 heterocycles. The summed E-state index contributed by atoms with van der Waals surface area (Å²) in [6.45, 7) is 2.30. The second-order valence-electron chi connectivity index (χ2n) is 3.22. The van der Waals surface area contributed by atoms with Crippen molar-refractivity contribution in [3.63, 3.8) is 0 Å². The number of aromatic nitrogens is 3. The lowest BCUT2D eigenvalue weighted by Crippen LogP contribution is -1.98. The quantitative estimate of drug-likeness (QED) is 0.898. The summed E-state index contributed by atoms with van der Waals surface area (Å²) in [7, 11) is 0.